The van der Waals surface area contributed by atoms with Crippen molar-refractivity contribution in [1.29, 1.82) is 0 Å². The molecule has 2 amide bonds. The fourth-order valence-corrected chi connectivity index (χ4v) is 5.04. The molecule has 1 fully saturated rings. The van der Waals surface area contributed by atoms with E-state index < -0.39 is 4.87 Å². The van der Waals surface area contributed by atoms with Crippen molar-refractivity contribution in [3.8, 4) is 0 Å². The maximum absolute atomic E-state index is 13.8. The highest BCUT2D eigenvalue weighted by Gasteiger charge is 2.50. The second-order valence-corrected chi connectivity index (χ2v) is 8.95. The smallest absolute Gasteiger partial charge is 0.257 e. The van der Waals surface area contributed by atoms with Crippen molar-refractivity contribution in [3.63, 3.8) is 0 Å². The van der Waals surface area contributed by atoms with Crippen LogP contribution in [0.15, 0.2) is 54.6 Å². The van der Waals surface area contributed by atoms with Gasteiger partial charge in [0, 0.05) is 6.92 Å². The minimum Gasteiger partial charge on any atom is -0.347 e. The van der Waals surface area contributed by atoms with E-state index in [1.54, 1.807) is 22.8 Å². The summed E-state index contributed by atoms with van der Waals surface area (Å²) in [4.78, 5) is 23.7. The van der Waals surface area contributed by atoms with Crippen LogP contribution >= 0.6 is 11.8 Å². The summed E-state index contributed by atoms with van der Waals surface area (Å²) in [6, 6.07) is 16.0. The van der Waals surface area contributed by atoms with Gasteiger partial charge in [0.2, 0.25) is 5.91 Å². The molecule has 6 nitrogen and oxygen atoms in total. The zero-order valence-electron chi connectivity index (χ0n) is 18.9. The van der Waals surface area contributed by atoms with Crippen LogP contribution in [0.2, 0.25) is 0 Å². The highest BCUT2D eigenvalue weighted by Crippen LogP contribution is 2.54. The summed E-state index contributed by atoms with van der Waals surface area (Å²) in [5, 5.41) is 3.82. The molecule has 1 saturated heterocycles. The lowest BCUT2D eigenvalue weighted by atomic mass is 10.00. The van der Waals surface area contributed by atoms with Gasteiger partial charge >= 0.3 is 0 Å². The van der Waals surface area contributed by atoms with Crippen molar-refractivity contribution in [2.24, 2.45) is 5.73 Å². The maximum Gasteiger partial charge on any atom is 0.257 e. The van der Waals surface area contributed by atoms with Crippen molar-refractivity contribution in [3.05, 3.63) is 71.5 Å². The van der Waals surface area contributed by atoms with Gasteiger partial charge in [-0.2, -0.15) is 0 Å². The quantitative estimate of drug-likeness (QED) is 0.580. The van der Waals surface area contributed by atoms with Gasteiger partial charge in [-0.1, -0.05) is 62.7 Å². The molecule has 1 aliphatic heterocycles. The number of amides is 2. The Bertz CT molecular complexity index is 883. The predicted octanol–water partition coefficient (Wildman–Crippen LogP) is 4.05. The summed E-state index contributed by atoms with van der Waals surface area (Å²) in [5.41, 5.74) is 10.7. The molecule has 4 N–H and O–H groups in total. The Kier molecular flexibility index (Phi) is 10.2. The highest BCUT2D eigenvalue weighted by molar-refractivity contribution is 8.00. The highest BCUT2D eigenvalue weighted by atomic mass is 32.2. The van der Waals surface area contributed by atoms with Gasteiger partial charge < -0.3 is 11.1 Å². The second kappa shape index (κ2) is 12.6. The average Bonchev–Trinajstić information content (AvgIpc) is 3.18. The first kappa shape index (κ1) is 25.8. The number of carbonyl (C=O) groups excluding carboxylic acids is 2. The van der Waals surface area contributed by atoms with Crippen LogP contribution < -0.4 is 16.5 Å². The monoisotopic (exact) mass is 460 g/mol. The second-order valence-electron chi connectivity index (χ2n) is 7.57. The van der Waals surface area contributed by atoms with Crippen LogP contribution in [0.1, 0.15) is 56.5 Å². The molecular formula is C24H33FN4O2S. The lowest BCUT2D eigenvalue weighted by molar-refractivity contribution is -0.139. The molecule has 0 aliphatic carbocycles. The molecule has 0 radical (unpaired) electrons. The van der Waals surface area contributed by atoms with Gasteiger partial charge in [0.05, 0.1) is 11.9 Å². The zero-order chi connectivity index (χ0) is 23.6. The molecule has 2 unspecified atom stereocenters. The molecule has 0 saturated carbocycles. The molecular weight excluding hydrogens is 427 g/mol. The SMILES string of the molecule is CC(=O)NCC(=O)N1NC(c2cccc(F)c2)SC1(CCCN)c1ccccc1.CCC. The molecule has 1 aliphatic rings. The van der Waals surface area contributed by atoms with Crippen LogP contribution in [0, 0.1) is 5.82 Å². The molecule has 0 bridgehead atoms. The Morgan fingerprint density at radius 1 is 1.19 bits per heavy atom. The van der Waals surface area contributed by atoms with Gasteiger partial charge in [0.15, 0.2) is 0 Å². The van der Waals surface area contributed by atoms with Crippen molar-refractivity contribution in [2.45, 2.75) is 50.3 Å². The Hall–Kier alpha value is -2.42. The topological polar surface area (TPSA) is 87.5 Å². The van der Waals surface area contributed by atoms with Gasteiger partial charge in [-0.15, -0.1) is 11.8 Å². The van der Waals surface area contributed by atoms with Crippen LogP contribution in [-0.4, -0.2) is 29.9 Å². The summed E-state index contributed by atoms with van der Waals surface area (Å²) >= 11 is 1.54. The Morgan fingerprint density at radius 3 is 2.47 bits per heavy atom. The molecule has 2 atom stereocenters. The number of nitrogens with two attached hydrogens (primary N) is 1. The van der Waals surface area contributed by atoms with Crippen molar-refractivity contribution in [1.82, 2.24) is 15.8 Å². The Balaban J connectivity index is 0.00000114. The summed E-state index contributed by atoms with van der Waals surface area (Å²) < 4.78 is 13.8. The van der Waals surface area contributed by atoms with Crippen LogP contribution in [0.5, 0.6) is 0 Å². The molecule has 2 aromatic rings. The first-order chi connectivity index (χ1) is 15.4. The zero-order valence-corrected chi connectivity index (χ0v) is 19.8. The minimum absolute atomic E-state index is 0.129. The number of thioether (sulfide) groups is 1. The third-order valence-corrected chi connectivity index (χ3v) is 6.38. The third kappa shape index (κ3) is 6.54. The number of rotatable bonds is 7. The van der Waals surface area contributed by atoms with Crippen molar-refractivity contribution >= 4 is 23.6 Å². The number of nitrogens with one attached hydrogen (secondary N) is 2. The first-order valence-corrected chi connectivity index (χ1v) is 11.8. The van der Waals surface area contributed by atoms with Crippen LogP contribution in [0.25, 0.3) is 0 Å². The number of benzene rings is 2. The average molecular weight is 461 g/mol. The minimum atomic E-state index is -0.729. The van der Waals surface area contributed by atoms with Gasteiger partial charge in [0.25, 0.3) is 5.91 Å². The first-order valence-electron chi connectivity index (χ1n) is 10.9. The van der Waals surface area contributed by atoms with Crippen LogP contribution in [0.4, 0.5) is 4.39 Å². The predicted molar refractivity (Wildman–Crippen MR) is 128 cm³/mol. The van der Waals surface area contributed by atoms with E-state index in [1.807, 2.05) is 36.4 Å². The molecule has 2 aromatic carbocycles. The van der Waals surface area contributed by atoms with Crippen LogP contribution in [-0.2, 0) is 14.5 Å². The van der Waals surface area contributed by atoms with E-state index in [-0.39, 0.29) is 29.6 Å². The van der Waals surface area contributed by atoms with Gasteiger partial charge in [-0.25, -0.2) is 9.82 Å². The lowest BCUT2D eigenvalue weighted by Gasteiger charge is -2.37. The fraction of sp³-hybridized carbons (Fsp3) is 0.417. The summed E-state index contributed by atoms with van der Waals surface area (Å²) in [7, 11) is 0. The molecule has 1 heterocycles. The van der Waals surface area contributed by atoms with E-state index in [0.29, 0.717) is 19.4 Å². The van der Waals surface area contributed by atoms with Crippen molar-refractivity contribution in [2.75, 3.05) is 13.1 Å². The molecule has 0 aromatic heterocycles. The lowest BCUT2D eigenvalue weighted by Crippen LogP contribution is -2.52. The summed E-state index contributed by atoms with van der Waals surface area (Å²) in [6.07, 6.45) is 2.56. The maximum atomic E-state index is 13.8. The number of halogens is 1. The normalized spacial score (nSPS) is 19.8. The molecule has 32 heavy (non-hydrogen) atoms. The Labute approximate surface area is 194 Å². The number of carbonyl (C=O) groups is 2. The number of hydrogen-bond donors (Lipinski definition) is 3. The Morgan fingerprint density at radius 2 is 1.88 bits per heavy atom. The molecule has 0 spiro atoms. The van der Waals surface area contributed by atoms with Gasteiger partial charge in [0.1, 0.15) is 10.7 Å². The van der Waals surface area contributed by atoms with Crippen molar-refractivity contribution < 1.29 is 14.0 Å². The van der Waals surface area contributed by atoms with E-state index in [0.717, 1.165) is 11.1 Å². The third-order valence-electron chi connectivity index (χ3n) is 4.75. The number of hydrazine groups is 1. The van der Waals surface area contributed by atoms with E-state index in [9.17, 15) is 14.0 Å². The summed E-state index contributed by atoms with van der Waals surface area (Å²) in [5.74, 6) is -0.883. The number of hydrogen-bond acceptors (Lipinski definition) is 5. The van der Waals surface area contributed by atoms with Gasteiger partial charge in [-0.05, 0) is 42.6 Å². The van der Waals surface area contributed by atoms with E-state index in [1.165, 1.54) is 25.5 Å². The van der Waals surface area contributed by atoms with E-state index >= 15 is 0 Å². The molecule has 3 rings (SSSR count). The van der Waals surface area contributed by atoms with Crippen LogP contribution in [0.3, 0.4) is 0 Å². The van der Waals surface area contributed by atoms with E-state index in [4.69, 9.17) is 5.73 Å². The van der Waals surface area contributed by atoms with E-state index in [2.05, 4.69) is 24.6 Å². The molecule has 8 heteroatoms. The molecule has 174 valence electrons. The largest absolute Gasteiger partial charge is 0.347 e. The fourth-order valence-electron chi connectivity index (χ4n) is 3.41. The number of nitrogens with zero attached hydrogens (tertiary/aromatic N) is 1. The standard InChI is InChI=1S/C21H25FN4O2S.C3H8/c1-15(27)24-14-19(28)26-21(11-6-12-23,17-8-3-2-4-9-17)29-20(25-26)16-7-5-10-18(22)13-16;1-3-2/h2-5,7-10,13,20,25H,6,11-12,14,23H2,1H3,(H,24,27);3H2,1-2H3. The van der Waals surface area contributed by atoms with Gasteiger partial charge in [-0.3, -0.25) is 14.6 Å². The summed E-state index contributed by atoms with van der Waals surface area (Å²) in [6.45, 7) is 5.97.